The Morgan fingerprint density at radius 3 is 2.87 bits per heavy atom. The van der Waals surface area contributed by atoms with Crippen LogP contribution in [0, 0.1) is 11.8 Å². The van der Waals surface area contributed by atoms with Crippen LogP contribution in [0.3, 0.4) is 0 Å². The predicted octanol–water partition coefficient (Wildman–Crippen LogP) is 1.70. The fourth-order valence-corrected chi connectivity index (χ4v) is 5.37. The summed E-state index contributed by atoms with van der Waals surface area (Å²) in [5.74, 6) is 0.456. The molecule has 3 heterocycles. The normalized spacial score (nSPS) is 26.3. The molecule has 1 aliphatic carbocycles. The van der Waals surface area contributed by atoms with Crippen molar-refractivity contribution in [2.75, 3.05) is 18.4 Å². The summed E-state index contributed by atoms with van der Waals surface area (Å²) in [7, 11) is 0. The SMILES string of the molecule is O=C1N[C@]2(CC[C@@H]3CN(C(=O)c4cccc(-n5cnnn5)c4)C[C@@H]32)Nc2ccccc21. The fraction of sp³-hybridized carbons (Fsp3) is 0.318. The number of likely N-dealkylation sites (tertiary alicyclic amines) is 1. The summed E-state index contributed by atoms with van der Waals surface area (Å²) < 4.78 is 1.53. The highest BCUT2D eigenvalue weighted by Gasteiger charge is 2.55. The summed E-state index contributed by atoms with van der Waals surface area (Å²) in [6.07, 6.45) is 3.33. The molecule has 3 atom stereocenters. The first-order chi connectivity index (χ1) is 15.1. The lowest BCUT2D eigenvalue weighted by atomic mass is 9.89. The van der Waals surface area contributed by atoms with Crippen molar-refractivity contribution in [2.24, 2.45) is 11.8 Å². The van der Waals surface area contributed by atoms with Crippen molar-refractivity contribution < 1.29 is 9.59 Å². The molecule has 1 saturated carbocycles. The minimum atomic E-state index is -0.501. The van der Waals surface area contributed by atoms with E-state index in [-0.39, 0.29) is 17.7 Å². The Morgan fingerprint density at radius 2 is 2.00 bits per heavy atom. The minimum Gasteiger partial charge on any atom is -0.362 e. The maximum absolute atomic E-state index is 13.3. The lowest BCUT2D eigenvalue weighted by Crippen LogP contribution is -2.61. The van der Waals surface area contributed by atoms with Gasteiger partial charge in [0.2, 0.25) is 0 Å². The van der Waals surface area contributed by atoms with E-state index < -0.39 is 5.66 Å². The predicted molar refractivity (Wildman–Crippen MR) is 112 cm³/mol. The molecule has 1 aromatic heterocycles. The lowest BCUT2D eigenvalue weighted by Gasteiger charge is -2.42. The second kappa shape index (κ2) is 6.63. The van der Waals surface area contributed by atoms with Crippen LogP contribution in [-0.2, 0) is 0 Å². The van der Waals surface area contributed by atoms with Crippen LogP contribution in [0.4, 0.5) is 5.69 Å². The zero-order chi connectivity index (χ0) is 21.0. The number of nitrogens with one attached hydrogen (secondary N) is 2. The molecule has 2 aliphatic heterocycles. The average Bonchev–Trinajstić information content (AvgIpc) is 3.53. The molecular weight excluding hydrogens is 394 g/mol. The molecule has 1 spiro atoms. The van der Waals surface area contributed by atoms with Crippen LogP contribution >= 0.6 is 0 Å². The number of amides is 2. The molecule has 2 amide bonds. The van der Waals surface area contributed by atoms with Crippen molar-refractivity contribution in [3.05, 3.63) is 66.0 Å². The molecule has 0 unspecified atom stereocenters. The van der Waals surface area contributed by atoms with Gasteiger partial charge in [0.05, 0.1) is 11.3 Å². The molecule has 0 bridgehead atoms. The molecule has 0 radical (unpaired) electrons. The molecule has 2 N–H and O–H groups in total. The Balaban J connectivity index is 1.25. The zero-order valence-corrected chi connectivity index (χ0v) is 16.7. The molecule has 31 heavy (non-hydrogen) atoms. The van der Waals surface area contributed by atoms with Crippen molar-refractivity contribution in [1.82, 2.24) is 30.4 Å². The summed E-state index contributed by atoms with van der Waals surface area (Å²) in [5, 5.41) is 18.0. The zero-order valence-electron chi connectivity index (χ0n) is 16.7. The Labute approximate surface area is 178 Å². The van der Waals surface area contributed by atoms with Crippen LogP contribution in [0.25, 0.3) is 5.69 Å². The lowest BCUT2D eigenvalue weighted by molar-refractivity contribution is 0.0767. The van der Waals surface area contributed by atoms with E-state index in [9.17, 15) is 9.59 Å². The highest BCUT2D eigenvalue weighted by molar-refractivity contribution is 6.02. The summed E-state index contributed by atoms with van der Waals surface area (Å²) in [5.41, 5.74) is 2.38. The van der Waals surface area contributed by atoms with Gasteiger partial charge in [0.25, 0.3) is 11.8 Å². The van der Waals surface area contributed by atoms with Gasteiger partial charge in [0.15, 0.2) is 0 Å². The second-order valence-corrected chi connectivity index (χ2v) is 8.52. The van der Waals surface area contributed by atoms with Gasteiger partial charge < -0.3 is 15.5 Å². The number of aromatic nitrogens is 4. The van der Waals surface area contributed by atoms with Crippen molar-refractivity contribution in [3.8, 4) is 5.69 Å². The van der Waals surface area contributed by atoms with Crippen LogP contribution in [0.15, 0.2) is 54.9 Å². The maximum Gasteiger partial charge on any atom is 0.255 e. The topological polar surface area (TPSA) is 105 Å². The van der Waals surface area contributed by atoms with Crippen molar-refractivity contribution in [3.63, 3.8) is 0 Å². The van der Waals surface area contributed by atoms with Gasteiger partial charge >= 0.3 is 0 Å². The number of rotatable bonds is 2. The standard InChI is InChI=1S/C22H21N7O2/c30-20-17-6-1-2-7-19(17)24-22(25-20)9-8-15-11-28(12-18(15)22)21(31)14-4-3-5-16(10-14)29-13-23-26-27-29/h1-7,10,13,15,18,24H,8-9,11-12H2,(H,25,30)/t15-,18+,22+/m1/s1. The first-order valence-corrected chi connectivity index (χ1v) is 10.5. The van der Waals surface area contributed by atoms with E-state index in [1.165, 1.54) is 11.0 Å². The Kier molecular flexibility index (Phi) is 3.86. The summed E-state index contributed by atoms with van der Waals surface area (Å²) in [6.45, 7) is 1.30. The number of hydrogen-bond acceptors (Lipinski definition) is 6. The van der Waals surface area contributed by atoms with E-state index in [4.69, 9.17) is 0 Å². The first-order valence-electron chi connectivity index (χ1n) is 10.5. The monoisotopic (exact) mass is 415 g/mol. The summed E-state index contributed by atoms with van der Waals surface area (Å²) >= 11 is 0. The van der Waals surface area contributed by atoms with Gasteiger partial charge in [0, 0.05) is 30.3 Å². The second-order valence-electron chi connectivity index (χ2n) is 8.52. The number of benzene rings is 2. The number of tetrazole rings is 1. The minimum absolute atomic E-state index is 0.0120. The molecule has 3 aliphatic rings. The first kappa shape index (κ1) is 18.1. The third-order valence-electron chi connectivity index (χ3n) is 6.84. The van der Waals surface area contributed by atoms with Gasteiger partial charge in [0.1, 0.15) is 12.0 Å². The fourth-order valence-electron chi connectivity index (χ4n) is 5.37. The quantitative estimate of drug-likeness (QED) is 0.660. The van der Waals surface area contributed by atoms with Gasteiger partial charge in [-0.1, -0.05) is 18.2 Å². The highest BCUT2D eigenvalue weighted by Crippen LogP contribution is 2.47. The number of anilines is 1. The third-order valence-corrected chi connectivity index (χ3v) is 6.84. The van der Waals surface area contributed by atoms with Crippen LogP contribution in [0.5, 0.6) is 0 Å². The average molecular weight is 415 g/mol. The van der Waals surface area contributed by atoms with E-state index in [0.717, 1.165) is 24.2 Å². The number of nitrogens with zero attached hydrogens (tertiary/aromatic N) is 5. The van der Waals surface area contributed by atoms with E-state index >= 15 is 0 Å². The van der Waals surface area contributed by atoms with Gasteiger partial charge in [-0.05, 0) is 59.5 Å². The molecule has 9 heteroatoms. The van der Waals surface area contributed by atoms with Gasteiger partial charge in [-0.25, -0.2) is 4.68 Å². The summed E-state index contributed by atoms with van der Waals surface area (Å²) in [4.78, 5) is 28.0. The largest absolute Gasteiger partial charge is 0.362 e. The molecule has 3 aromatic rings. The van der Waals surface area contributed by atoms with E-state index in [1.807, 2.05) is 47.4 Å². The van der Waals surface area contributed by atoms with Gasteiger partial charge in [-0.3, -0.25) is 9.59 Å². The number of carbonyl (C=O) groups is 2. The van der Waals surface area contributed by atoms with Crippen LogP contribution < -0.4 is 10.6 Å². The van der Waals surface area contributed by atoms with Gasteiger partial charge in [-0.2, -0.15) is 0 Å². The Hall–Kier alpha value is -3.75. The Bertz CT molecular complexity index is 1180. The number of para-hydroxylation sites is 1. The smallest absolute Gasteiger partial charge is 0.255 e. The third kappa shape index (κ3) is 2.80. The van der Waals surface area contributed by atoms with Crippen LogP contribution in [0.1, 0.15) is 33.6 Å². The van der Waals surface area contributed by atoms with Crippen molar-refractivity contribution in [1.29, 1.82) is 0 Å². The van der Waals surface area contributed by atoms with E-state index in [1.54, 1.807) is 6.07 Å². The van der Waals surface area contributed by atoms with E-state index in [2.05, 4.69) is 26.2 Å². The van der Waals surface area contributed by atoms with Gasteiger partial charge in [-0.15, -0.1) is 5.10 Å². The van der Waals surface area contributed by atoms with Crippen molar-refractivity contribution >= 4 is 17.5 Å². The van der Waals surface area contributed by atoms with E-state index in [0.29, 0.717) is 30.1 Å². The van der Waals surface area contributed by atoms with Crippen LogP contribution in [0.2, 0.25) is 0 Å². The molecule has 6 rings (SSSR count). The Morgan fingerprint density at radius 1 is 1.10 bits per heavy atom. The number of fused-ring (bicyclic) bond motifs is 3. The number of carbonyl (C=O) groups excluding carboxylic acids is 2. The highest BCUT2D eigenvalue weighted by atomic mass is 16.2. The maximum atomic E-state index is 13.3. The van der Waals surface area contributed by atoms with Crippen molar-refractivity contribution in [2.45, 2.75) is 18.5 Å². The van der Waals surface area contributed by atoms with Crippen LogP contribution in [-0.4, -0.2) is 55.7 Å². The summed E-state index contributed by atoms with van der Waals surface area (Å²) in [6, 6.07) is 14.9. The number of hydrogen-bond donors (Lipinski definition) is 2. The molecule has 1 saturated heterocycles. The molecule has 2 aromatic carbocycles. The molecule has 2 fully saturated rings. The molecule has 9 nitrogen and oxygen atoms in total. The molecule has 156 valence electrons. The molecular formula is C22H21N7O2.